The fourth-order valence-corrected chi connectivity index (χ4v) is 1.20. The lowest BCUT2D eigenvalue weighted by Gasteiger charge is -2.17. The summed E-state index contributed by atoms with van der Waals surface area (Å²) in [7, 11) is 0. The summed E-state index contributed by atoms with van der Waals surface area (Å²) in [4.78, 5) is 21.2. The van der Waals surface area contributed by atoms with Gasteiger partial charge in [-0.15, -0.1) is 0 Å². The summed E-state index contributed by atoms with van der Waals surface area (Å²) in [6.07, 6.45) is -0.180. The summed E-state index contributed by atoms with van der Waals surface area (Å²) >= 11 is 0. The molecule has 1 aliphatic heterocycles. The zero-order valence-electron chi connectivity index (χ0n) is 8.19. The second-order valence-electron chi connectivity index (χ2n) is 3.03. The molecule has 14 heavy (non-hydrogen) atoms. The maximum Gasteiger partial charge on any atom is 0.302 e. The van der Waals surface area contributed by atoms with Crippen molar-refractivity contribution in [3.63, 3.8) is 0 Å². The highest BCUT2D eigenvalue weighted by Crippen LogP contribution is 2.20. The minimum atomic E-state index is -0.373. The molecule has 1 heterocycles. The number of carbonyl (C=O) groups is 2. The number of carbonyl (C=O) groups excluding carboxylic acids is 2. The minimum Gasteiger partial charge on any atom is -0.463 e. The maximum absolute atomic E-state index is 10.7. The Morgan fingerprint density at radius 3 is 2.71 bits per heavy atom. The first-order valence-electron chi connectivity index (χ1n) is 4.37. The first kappa shape index (κ1) is 11.0. The van der Waals surface area contributed by atoms with E-state index in [2.05, 4.69) is 0 Å². The van der Waals surface area contributed by atoms with Crippen molar-refractivity contribution < 1.29 is 23.8 Å². The van der Waals surface area contributed by atoms with Crippen LogP contribution in [0.2, 0.25) is 0 Å². The largest absolute Gasteiger partial charge is 0.463 e. The summed E-state index contributed by atoms with van der Waals surface area (Å²) in [6, 6.07) is 0. The van der Waals surface area contributed by atoms with Crippen LogP contribution >= 0.6 is 0 Å². The molecule has 0 unspecified atom stereocenters. The fourth-order valence-electron chi connectivity index (χ4n) is 1.20. The van der Waals surface area contributed by atoms with Gasteiger partial charge < -0.3 is 14.2 Å². The Morgan fingerprint density at radius 2 is 2.14 bits per heavy atom. The molecule has 0 saturated carbocycles. The molecular formula is C9H13O5. The van der Waals surface area contributed by atoms with Crippen LogP contribution in [0.5, 0.6) is 0 Å². The smallest absolute Gasteiger partial charge is 0.302 e. The Hall–Kier alpha value is -1.10. The van der Waals surface area contributed by atoms with Crippen LogP contribution < -0.4 is 0 Å². The van der Waals surface area contributed by atoms with E-state index in [4.69, 9.17) is 14.2 Å². The molecule has 0 bridgehead atoms. The van der Waals surface area contributed by atoms with E-state index in [1.807, 2.05) is 0 Å². The van der Waals surface area contributed by atoms with E-state index in [1.165, 1.54) is 13.8 Å². The van der Waals surface area contributed by atoms with Crippen molar-refractivity contribution in [2.75, 3.05) is 6.61 Å². The Morgan fingerprint density at radius 1 is 1.43 bits per heavy atom. The summed E-state index contributed by atoms with van der Waals surface area (Å²) < 4.78 is 14.9. The molecule has 0 aromatic rings. The van der Waals surface area contributed by atoms with Crippen LogP contribution in [0.1, 0.15) is 20.3 Å². The van der Waals surface area contributed by atoms with E-state index >= 15 is 0 Å². The molecular weight excluding hydrogens is 188 g/mol. The van der Waals surface area contributed by atoms with Crippen LogP contribution in [0.3, 0.4) is 0 Å². The van der Waals surface area contributed by atoms with Gasteiger partial charge in [-0.3, -0.25) is 9.59 Å². The third-order valence-corrected chi connectivity index (χ3v) is 1.78. The van der Waals surface area contributed by atoms with Crippen molar-refractivity contribution >= 4 is 11.9 Å². The van der Waals surface area contributed by atoms with Crippen molar-refractivity contribution in [1.82, 2.24) is 0 Å². The predicted octanol–water partition coefficient (Wildman–Crippen LogP) is 0.432. The highest BCUT2D eigenvalue weighted by molar-refractivity contribution is 5.66. The molecule has 5 nitrogen and oxygen atoms in total. The Balaban J connectivity index is 2.35. The van der Waals surface area contributed by atoms with Crippen molar-refractivity contribution in [3.8, 4) is 0 Å². The third kappa shape index (κ3) is 3.33. The third-order valence-electron chi connectivity index (χ3n) is 1.78. The SMILES string of the molecule is CC(=O)OC[C@H]1O[CH]C[C@@H]1OC(C)=O. The van der Waals surface area contributed by atoms with E-state index in [-0.39, 0.29) is 30.8 Å². The van der Waals surface area contributed by atoms with Crippen LogP contribution in [0.25, 0.3) is 0 Å². The van der Waals surface area contributed by atoms with Crippen molar-refractivity contribution in [1.29, 1.82) is 0 Å². The predicted molar refractivity (Wildman–Crippen MR) is 46.0 cm³/mol. The quantitative estimate of drug-likeness (QED) is 0.620. The molecule has 2 atom stereocenters. The van der Waals surface area contributed by atoms with Crippen molar-refractivity contribution in [2.24, 2.45) is 0 Å². The average molecular weight is 201 g/mol. The number of hydrogen-bond acceptors (Lipinski definition) is 5. The van der Waals surface area contributed by atoms with E-state index in [0.29, 0.717) is 6.42 Å². The molecule has 1 rings (SSSR count). The van der Waals surface area contributed by atoms with E-state index < -0.39 is 0 Å². The zero-order valence-corrected chi connectivity index (χ0v) is 8.19. The van der Waals surface area contributed by atoms with Gasteiger partial charge in [0.25, 0.3) is 0 Å². The average Bonchev–Trinajstić information content (AvgIpc) is 2.47. The highest BCUT2D eigenvalue weighted by Gasteiger charge is 2.32. The fraction of sp³-hybridized carbons (Fsp3) is 0.667. The van der Waals surface area contributed by atoms with Gasteiger partial charge in [0, 0.05) is 20.3 Å². The molecule has 1 saturated heterocycles. The lowest BCUT2D eigenvalue weighted by molar-refractivity contribution is -0.153. The van der Waals surface area contributed by atoms with Gasteiger partial charge in [-0.25, -0.2) is 0 Å². The summed E-state index contributed by atoms with van der Waals surface area (Å²) in [5.74, 6) is -0.733. The number of ether oxygens (including phenoxy) is 3. The summed E-state index contributed by atoms with van der Waals surface area (Å²) in [6.45, 7) is 4.33. The molecule has 0 N–H and O–H groups in total. The normalized spacial score (nSPS) is 25.9. The monoisotopic (exact) mass is 201 g/mol. The topological polar surface area (TPSA) is 61.8 Å². The second kappa shape index (κ2) is 4.95. The molecule has 0 aromatic carbocycles. The van der Waals surface area contributed by atoms with Gasteiger partial charge in [0.05, 0.1) is 6.61 Å². The second-order valence-corrected chi connectivity index (χ2v) is 3.03. The lowest BCUT2D eigenvalue weighted by atomic mass is 10.2. The lowest BCUT2D eigenvalue weighted by Crippen LogP contribution is -2.31. The molecule has 1 aliphatic rings. The Bertz CT molecular complexity index is 225. The minimum absolute atomic E-state index is 0.115. The summed E-state index contributed by atoms with van der Waals surface area (Å²) in [5, 5.41) is 0. The van der Waals surface area contributed by atoms with Crippen LogP contribution in [0.4, 0.5) is 0 Å². The molecule has 1 fully saturated rings. The van der Waals surface area contributed by atoms with Gasteiger partial charge in [0.15, 0.2) is 0 Å². The van der Waals surface area contributed by atoms with Crippen LogP contribution in [-0.4, -0.2) is 30.8 Å². The van der Waals surface area contributed by atoms with Crippen LogP contribution in [0.15, 0.2) is 0 Å². The van der Waals surface area contributed by atoms with E-state index in [1.54, 1.807) is 6.61 Å². The Kier molecular flexibility index (Phi) is 3.88. The van der Waals surface area contributed by atoms with Crippen LogP contribution in [-0.2, 0) is 23.8 Å². The van der Waals surface area contributed by atoms with Gasteiger partial charge in [-0.1, -0.05) is 0 Å². The molecule has 5 heteroatoms. The van der Waals surface area contributed by atoms with Crippen molar-refractivity contribution in [2.45, 2.75) is 32.5 Å². The molecule has 0 aromatic heterocycles. The van der Waals surface area contributed by atoms with Gasteiger partial charge in [-0.2, -0.15) is 0 Å². The number of rotatable bonds is 3. The molecule has 79 valence electrons. The zero-order chi connectivity index (χ0) is 10.6. The van der Waals surface area contributed by atoms with E-state index in [9.17, 15) is 9.59 Å². The van der Waals surface area contributed by atoms with E-state index in [0.717, 1.165) is 0 Å². The van der Waals surface area contributed by atoms with Gasteiger partial charge >= 0.3 is 11.9 Å². The summed E-state index contributed by atoms with van der Waals surface area (Å²) in [5.41, 5.74) is 0. The number of hydrogen-bond donors (Lipinski definition) is 0. The van der Waals surface area contributed by atoms with Crippen LogP contribution in [0, 0.1) is 6.61 Å². The van der Waals surface area contributed by atoms with Gasteiger partial charge in [0.1, 0.15) is 18.8 Å². The van der Waals surface area contributed by atoms with Gasteiger partial charge in [-0.05, 0) is 0 Å². The molecule has 0 amide bonds. The molecule has 1 radical (unpaired) electrons. The van der Waals surface area contributed by atoms with Crippen molar-refractivity contribution in [3.05, 3.63) is 6.61 Å². The number of esters is 2. The highest BCUT2D eigenvalue weighted by atomic mass is 16.6. The molecule has 0 spiro atoms. The Labute approximate surface area is 82.3 Å². The first-order valence-corrected chi connectivity index (χ1v) is 4.37. The van der Waals surface area contributed by atoms with Gasteiger partial charge in [0.2, 0.25) is 0 Å². The standard InChI is InChI=1S/C9H13O5/c1-6(10)13-5-9-8(3-4-12-9)14-7(2)11/h4,8-9H,3,5H2,1-2H3/t8-,9+/m0/s1. The molecule has 0 aliphatic carbocycles. The first-order chi connectivity index (χ1) is 6.59. The maximum atomic E-state index is 10.7.